The molecule has 0 fully saturated rings. The maximum Gasteiger partial charge on any atom is 0.175 e. The van der Waals surface area contributed by atoms with Gasteiger partial charge in [-0.1, -0.05) is 31.2 Å². The van der Waals surface area contributed by atoms with Crippen molar-refractivity contribution in [1.82, 2.24) is 9.97 Å². The number of aromatic amines is 2. The van der Waals surface area contributed by atoms with Crippen molar-refractivity contribution < 1.29 is 0 Å². The van der Waals surface area contributed by atoms with E-state index in [0.717, 1.165) is 17.8 Å². The molecule has 2 rings (SSSR count). The van der Waals surface area contributed by atoms with Gasteiger partial charge in [-0.05, 0) is 36.7 Å². The summed E-state index contributed by atoms with van der Waals surface area (Å²) in [4.78, 5) is 6.25. The Morgan fingerprint density at radius 1 is 1.13 bits per heavy atom. The lowest BCUT2D eigenvalue weighted by Crippen LogP contribution is -1.83. The Bertz CT molecular complexity index is 505. The molecule has 0 atom stereocenters. The smallest absolute Gasteiger partial charge is 0.175 e. The van der Waals surface area contributed by atoms with Gasteiger partial charge in [0, 0.05) is 5.69 Å². The average molecular weight is 218 g/mol. The summed E-state index contributed by atoms with van der Waals surface area (Å²) in [6, 6.07) is 8.55. The van der Waals surface area contributed by atoms with Gasteiger partial charge in [-0.25, -0.2) is 0 Å². The van der Waals surface area contributed by atoms with Crippen LogP contribution in [-0.2, 0) is 6.42 Å². The maximum absolute atomic E-state index is 5.06. The zero-order valence-electron chi connectivity index (χ0n) is 8.92. The van der Waals surface area contributed by atoms with Crippen molar-refractivity contribution in [2.24, 2.45) is 0 Å². The van der Waals surface area contributed by atoms with Crippen molar-refractivity contribution in [3.8, 4) is 11.3 Å². The molecule has 0 amide bonds. The molecule has 0 saturated heterocycles. The Hall–Kier alpha value is -1.35. The Kier molecular flexibility index (Phi) is 2.73. The fourth-order valence-electron chi connectivity index (χ4n) is 1.67. The van der Waals surface area contributed by atoms with E-state index < -0.39 is 0 Å². The molecule has 0 radical (unpaired) electrons. The molecule has 78 valence electrons. The molecule has 2 N–H and O–H groups in total. The third kappa shape index (κ3) is 2.02. The van der Waals surface area contributed by atoms with Gasteiger partial charge in [0.15, 0.2) is 4.77 Å². The molecule has 0 spiro atoms. The van der Waals surface area contributed by atoms with Crippen LogP contribution in [0.3, 0.4) is 0 Å². The van der Waals surface area contributed by atoms with E-state index in [-0.39, 0.29) is 0 Å². The standard InChI is InChI=1S/C12H14N2S/c1-3-9-4-6-10(7-5-9)11-8(2)13-12(15)14-11/h4-7H,3H2,1-2H3,(H2,13,14,15). The molecule has 2 nitrogen and oxygen atoms in total. The first-order valence-corrected chi connectivity index (χ1v) is 5.49. The Balaban J connectivity index is 2.45. The lowest BCUT2D eigenvalue weighted by Gasteiger charge is -2.01. The molecule has 0 aliphatic carbocycles. The molecular formula is C12H14N2S. The van der Waals surface area contributed by atoms with Gasteiger partial charge in [0.05, 0.1) is 5.69 Å². The number of hydrogen-bond acceptors (Lipinski definition) is 1. The third-order valence-electron chi connectivity index (χ3n) is 2.57. The van der Waals surface area contributed by atoms with Crippen LogP contribution < -0.4 is 0 Å². The Morgan fingerprint density at radius 3 is 2.27 bits per heavy atom. The molecule has 0 bridgehead atoms. The summed E-state index contributed by atoms with van der Waals surface area (Å²) >= 11 is 5.06. The van der Waals surface area contributed by atoms with Crippen LogP contribution in [0, 0.1) is 11.7 Å². The van der Waals surface area contributed by atoms with Crippen molar-refractivity contribution >= 4 is 12.2 Å². The number of aromatic nitrogens is 2. The highest BCUT2D eigenvalue weighted by atomic mass is 32.1. The van der Waals surface area contributed by atoms with E-state index in [2.05, 4.69) is 41.2 Å². The van der Waals surface area contributed by atoms with Gasteiger partial charge in [0.25, 0.3) is 0 Å². The number of benzene rings is 1. The van der Waals surface area contributed by atoms with E-state index in [1.807, 2.05) is 6.92 Å². The van der Waals surface area contributed by atoms with E-state index in [1.54, 1.807) is 0 Å². The van der Waals surface area contributed by atoms with Crippen molar-refractivity contribution in [1.29, 1.82) is 0 Å². The minimum atomic E-state index is 0.682. The maximum atomic E-state index is 5.06. The first-order valence-electron chi connectivity index (χ1n) is 5.09. The summed E-state index contributed by atoms with van der Waals surface area (Å²) in [5, 5.41) is 0. The zero-order valence-corrected chi connectivity index (χ0v) is 9.74. The summed E-state index contributed by atoms with van der Waals surface area (Å²) in [5.41, 5.74) is 4.70. The highest BCUT2D eigenvalue weighted by molar-refractivity contribution is 7.71. The predicted molar refractivity (Wildman–Crippen MR) is 65.5 cm³/mol. The lowest BCUT2D eigenvalue weighted by atomic mass is 10.1. The van der Waals surface area contributed by atoms with Gasteiger partial charge in [-0.2, -0.15) is 0 Å². The number of H-pyrrole nitrogens is 2. The van der Waals surface area contributed by atoms with E-state index in [0.29, 0.717) is 4.77 Å². The van der Waals surface area contributed by atoms with E-state index >= 15 is 0 Å². The molecular weight excluding hydrogens is 204 g/mol. The minimum Gasteiger partial charge on any atom is -0.334 e. The van der Waals surface area contributed by atoms with Crippen LogP contribution in [0.25, 0.3) is 11.3 Å². The topological polar surface area (TPSA) is 31.6 Å². The van der Waals surface area contributed by atoms with E-state index in [4.69, 9.17) is 12.2 Å². The first kappa shape index (κ1) is 10.2. The zero-order chi connectivity index (χ0) is 10.8. The van der Waals surface area contributed by atoms with Crippen molar-refractivity contribution in [3.63, 3.8) is 0 Å². The van der Waals surface area contributed by atoms with Crippen LogP contribution in [0.1, 0.15) is 18.2 Å². The summed E-state index contributed by atoms with van der Waals surface area (Å²) in [6.45, 7) is 4.18. The normalized spacial score (nSPS) is 10.5. The molecule has 2 aromatic rings. The first-order chi connectivity index (χ1) is 7.20. The fraction of sp³-hybridized carbons (Fsp3) is 0.250. The SMILES string of the molecule is CCc1ccc(-c2[nH]c(=S)[nH]c2C)cc1. The highest BCUT2D eigenvalue weighted by Gasteiger charge is 2.03. The van der Waals surface area contributed by atoms with Gasteiger partial charge in [-0.3, -0.25) is 0 Å². The quantitative estimate of drug-likeness (QED) is 0.741. The second kappa shape index (κ2) is 4.03. The van der Waals surface area contributed by atoms with Gasteiger partial charge < -0.3 is 9.97 Å². The average Bonchev–Trinajstić information content (AvgIpc) is 2.58. The summed E-state index contributed by atoms with van der Waals surface area (Å²) in [6.07, 6.45) is 1.07. The number of nitrogens with one attached hydrogen (secondary N) is 2. The minimum absolute atomic E-state index is 0.682. The van der Waals surface area contributed by atoms with Crippen molar-refractivity contribution in [2.45, 2.75) is 20.3 Å². The second-order valence-corrected chi connectivity index (χ2v) is 4.04. The summed E-state index contributed by atoms with van der Waals surface area (Å²) in [7, 11) is 0. The molecule has 0 unspecified atom stereocenters. The van der Waals surface area contributed by atoms with Crippen LogP contribution >= 0.6 is 12.2 Å². The highest BCUT2D eigenvalue weighted by Crippen LogP contribution is 2.20. The van der Waals surface area contributed by atoms with E-state index in [1.165, 1.54) is 11.1 Å². The van der Waals surface area contributed by atoms with Crippen LogP contribution in [0.5, 0.6) is 0 Å². The third-order valence-corrected chi connectivity index (χ3v) is 2.77. The summed E-state index contributed by atoms with van der Waals surface area (Å²) in [5.74, 6) is 0. The Morgan fingerprint density at radius 2 is 1.80 bits per heavy atom. The largest absolute Gasteiger partial charge is 0.334 e. The van der Waals surface area contributed by atoms with E-state index in [9.17, 15) is 0 Å². The van der Waals surface area contributed by atoms with Gasteiger partial charge in [0.2, 0.25) is 0 Å². The van der Waals surface area contributed by atoms with Gasteiger partial charge >= 0.3 is 0 Å². The fourth-order valence-corrected chi connectivity index (χ4v) is 1.92. The number of aryl methyl sites for hydroxylation is 2. The van der Waals surface area contributed by atoms with Crippen LogP contribution in [0.4, 0.5) is 0 Å². The number of hydrogen-bond donors (Lipinski definition) is 2. The van der Waals surface area contributed by atoms with Crippen molar-refractivity contribution in [2.75, 3.05) is 0 Å². The molecule has 0 aliphatic heterocycles. The molecule has 1 heterocycles. The van der Waals surface area contributed by atoms with Crippen LogP contribution in [0.15, 0.2) is 24.3 Å². The van der Waals surface area contributed by atoms with Gasteiger partial charge in [0.1, 0.15) is 0 Å². The van der Waals surface area contributed by atoms with Crippen molar-refractivity contribution in [3.05, 3.63) is 40.3 Å². The molecule has 0 aliphatic rings. The molecule has 0 saturated carbocycles. The number of imidazole rings is 1. The lowest BCUT2D eigenvalue weighted by molar-refractivity contribution is 1.14. The molecule has 15 heavy (non-hydrogen) atoms. The predicted octanol–water partition coefficient (Wildman–Crippen LogP) is 3.61. The second-order valence-electron chi connectivity index (χ2n) is 3.63. The van der Waals surface area contributed by atoms with Crippen LogP contribution in [0.2, 0.25) is 0 Å². The van der Waals surface area contributed by atoms with Gasteiger partial charge in [-0.15, -0.1) is 0 Å². The summed E-state index contributed by atoms with van der Waals surface area (Å²) < 4.78 is 0.682. The van der Waals surface area contributed by atoms with Crippen LogP contribution in [-0.4, -0.2) is 9.97 Å². The Labute approximate surface area is 94.4 Å². The monoisotopic (exact) mass is 218 g/mol. The molecule has 1 aromatic carbocycles. The molecule has 1 aromatic heterocycles. The number of rotatable bonds is 2. The molecule has 3 heteroatoms.